The Labute approximate surface area is 419 Å². The maximum atomic E-state index is 15.8. The van der Waals surface area contributed by atoms with Gasteiger partial charge in [0.2, 0.25) is 0 Å². The van der Waals surface area contributed by atoms with Crippen molar-refractivity contribution in [3.8, 4) is 28.7 Å². The van der Waals surface area contributed by atoms with E-state index in [0.29, 0.717) is 35.8 Å². The maximum Gasteiger partial charge on any atom is 0.647 e. The Hall–Kier alpha value is -2.63. The molecule has 0 spiro atoms. The van der Waals surface area contributed by atoms with Crippen LogP contribution in [0.2, 0.25) is 0 Å². The van der Waals surface area contributed by atoms with Gasteiger partial charge in [0.1, 0.15) is 28.7 Å². The summed E-state index contributed by atoms with van der Waals surface area (Å²) in [4.78, 5) is 0. The number of unbranched alkanes of at least 4 members (excludes halogenated alkanes) is 18. The molecule has 0 bridgehead atoms. The van der Waals surface area contributed by atoms with Crippen LogP contribution in [0.25, 0.3) is 0 Å². The van der Waals surface area contributed by atoms with Crippen LogP contribution in [0.4, 0.5) is 0 Å². The molecule has 6 nitrogen and oxygen atoms in total. The van der Waals surface area contributed by atoms with E-state index >= 15 is 4.57 Å². The fourth-order valence-corrected chi connectivity index (χ4v) is 10.1. The van der Waals surface area contributed by atoms with Gasteiger partial charge in [-0.05, 0) is 76.5 Å². The van der Waals surface area contributed by atoms with Crippen LogP contribution in [0, 0.1) is 0 Å². The van der Waals surface area contributed by atoms with Crippen molar-refractivity contribution < 1.29 is 27.6 Å². The second-order valence-electron chi connectivity index (χ2n) is 23.3. The predicted molar refractivity (Wildman–Crippen MR) is 291 cm³/mol. The molecule has 0 N–H and O–H groups in total. The zero-order valence-corrected chi connectivity index (χ0v) is 47.6. The van der Waals surface area contributed by atoms with E-state index in [2.05, 4.69) is 125 Å². The molecule has 0 saturated heterocycles. The van der Waals surface area contributed by atoms with Gasteiger partial charge in [-0.1, -0.05) is 241 Å². The van der Waals surface area contributed by atoms with Crippen LogP contribution in [0.15, 0.2) is 48.5 Å². The highest BCUT2D eigenvalue weighted by molar-refractivity contribution is 9.08. The van der Waals surface area contributed by atoms with Crippen molar-refractivity contribution in [1.82, 2.24) is 0 Å². The quantitative estimate of drug-likeness (QED) is 0.0364. The Morgan fingerprint density at radius 2 is 0.731 bits per heavy atom. The first-order valence-electron chi connectivity index (χ1n) is 26.5. The Kier molecular flexibility index (Phi) is 24.8. The molecule has 0 atom stereocenters. The fourth-order valence-electron chi connectivity index (χ4n) is 8.51. The molecule has 3 aromatic carbocycles. The van der Waals surface area contributed by atoms with Gasteiger partial charge in [0, 0.05) is 27.6 Å². The first kappa shape index (κ1) is 58.7. The van der Waals surface area contributed by atoms with Crippen molar-refractivity contribution >= 4 is 23.8 Å². The van der Waals surface area contributed by atoms with Crippen LogP contribution in [0.1, 0.15) is 253 Å². The lowest BCUT2D eigenvalue weighted by Crippen LogP contribution is -2.21. The molecule has 0 aliphatic rings. The van der Waals surface area contributed by atoms with Gasteiger partial charge in [-0.15, -0.1) is 0 Å². The van der Waals surface area contributed by atoms with Gasteiger partial charge < -0.3 is 23.0 Å². The summed E-state index contributed by atoms with van der Waals surface area (Å²) in [5, 5.41) is 0.615. The van der Waals surface area contributed by atoms with Crippen LogP contribution < -0.4 is 23.0 Å². The number of hydrogen-bond acceptors (Lipinski definition) is 6. The summed E-state index contributed by atoms with van der Waals surface area (Å²) < 4.78 is 49.3. The highest BCUT2D eigenvalue weighted by Crippen LogP contribution is 2.55. The third kappa shape index (κ3) is 21.1. The standard InChI is InChI=1S/C59H96BrO6P/c1-15-17-19-21-23-25-27-29-31-33-38-62-52-41-50(58(9,10)11)54(43-48(52)56(3,4)5)65-67(61,64-47-37-35-36-46(40-47)45-60)66-55-44-49(57(6,7)8)53(42-51(55)59(12,13)14)63-39-34-32-30-28-26-24-22-20-18-16-2/h35-37,40-44H,15-34,38-39,45H2,1-14H3. The Morgan fingerprint density at radius 1 is 0.418 bits per heavy atom. The second kappa shape index (κ2) is 28.3. The van der Waals surface area contributed by atoms with Crippen molar-refractivity contribution in [3.05, 3.63) is 76.3 Å². The first-order valence-corrected chi connectivity index (χ1v) is 29.1. The average Bonchev–Trinajstić information content (AvgIpc) is 3.23. The van der Waals surface area contributed by atoms with E-state index in [1.165, 1.54) is 103 Å². The molecule has 0 aliphatic heterocycles. The molecular weight excluding hydrogens is 916 g/mol. The van der Waals surface area contributed by atoms with Crippen LogP contribution in [-0.4, -0.2) is 13.2 Å². The van der Waals surface area contributed by atoms with Crippen molar-refractivity contribution in [2.75, 3.05) is 13.2 Å². The summed E-state index contributed by atoms with van der Waals surface area (Å²) in [5.74, 6) is 2.97. The average molecular weight is 1010 g/mol. The summed E-state index contributed by atoms with van der Waals surface area (Å²) in [6.07, 6.45) is 25.4. The molecule has 0 heterocycles. The van der Waals surface area contributed by atoms with Gasteiger partial charge in [0.25, 0.3) is 0 Å². The van der Waals surface area contributed by atoms with Gasteiger partial charge in [0.05, 0.1) is 13.2 Å². The van der Waals surface area contributed by atoms with Gasteiger partial charge in [-0.3, -0.25) is 0 Å². The summed E-state index contributed by atoms with van der Waals surface area (Å²) >= 11 is 3.59. The molecule has 67 heavy (non-hydrogen) atoms. The lowest BCUT2D eigenvalue weighted by molar-refractivity contribution is 0.283. The molecular formula is C59H96BrO6P. The molecule has 3 aromatic rings. The van der Waals surface area contributed by atoms with Gasteiger partial charge in [-0.25, -0.2) is 0 Å². The fraction of sp³-hybridized carbons (Fsp3) is 0.695. The molecule has 3 rings (SSSR count). The molecule has 8 heteroatoms. The van der Waals surface area contributed by atoms with Gasteiger partial charge >= 0.3 is 7.82 Å². The Balaban J connectivity index is 2.01. The van der Waals surface area contributed by atoms with Crippen molar-refractivity contribution in [2.45, 2.75) is 252 Å². The Bertz CT molecular complexity index is 1820. The van der Waals surface area contributed by atoms with E-state index in [0.717, 1.165) is 65.0 Å². The maximum absolute atomic E-state index is 15.8. The summed E-state index contributed by atoms with van der Waals surface area (Å²) in [6, 6.07) is 15.8. The summed E-state index contributed by atoms with van der Waals surface area (Å²) in [6.45, 7) is 31.8. The van der Waals surface area contributed by atoms with Crippen molar-refractivity contribution in [2.24, 2.45) is 0 Å². The summed E-state index contributed by atoms with van der Waals surface area (Å²) in [7, 11) is -4.48. The lowest BCUT2D eigenvalue weighted by Gasteiger charge is -2.32. The number of phosphoric acid groups is 1. The number of rotatable bonds is 31. The Morgan fingerprint density at radius 3 is 1.06 bits per heavy atom. The molecule has 0 aromatic heterocycles. The third-order valence-electron chi connectivity index (χ3n) is 12.6. The van der Waals surface area contributed by atoms with E-state index in [-0.39, 0.29) is 10.8 Å². The van der Waals surface area contributed by atoms with E-state index in [9.17, 15) is 0 Å². The number of benzene rings is 3. The first-order chi connectivity index (χ1) is 31.5. The minimum Gasteiger partial charge on any atom is -0.493 e. The molecule has 0 unspecified atom stereocenters. The number of halogens is 1. The van der Waals surface area contributed by atoms with E-state index < -0.39 is 18.7 Å². The highest BCUT2D eigenvalue weighted by Gasteiger charge is 2.39. The minimum absolute atomic E-state index is 0.303. The predicted octanol–water partition coefficient (Wildman–Crippen LogP) is 20.0. The monoisotopic (exact) mass is 1010 g/mol. The summed E-state index contributed by atoms with van der Waals surface area (Å²) in [5.41, 5.74) is 3.26. The van der Waals surface area contributed by atoms with Crippen molar-refractivity contribution in [1.29, 1.82) is 0 Å². The van der Waals surface area contributed by atoms with Crippen LogP contribution in [0.5, 0.6) is 28.7 Å². The number of phosphoric ester groups is 1. The van der Waals surface area contributed by atoms with Crippen LogP contribution in [0.3, 0.4) is 0 Å². The van der Waals surface area contributed by atoms with Gasteiger partial charge in [-0.2, -0.15) is 4.57 Å². The molecule has 0 radical (unpaired) electrons. The smallest absolute Gasteiger partial charge is 0.493 e. The lowest BCUT2D eigenvalue weighted by atomic mass is 9.81. The third-order valence-corrected chi connectivity index (χ3v) is 14.5. The molecule has 380 valence electrons. The number of alkyl halides is 1. The number of hydrogen-bond donors (Lipinski definition) is 0. The molecule has 0 fully saturated rings. The van der Waals surface area contributed by atoms with Crippen LogP contribution >= 0.6 is 23.8 Å². The normalized spacial score (nSPS) is 12.6. The van der Waals surface area contributed by atoms with E-state index in [4.69, 9.17) is 23.0 Å². The minimum atomic E-state index is -4.48. The SMILES string of the molecule is CCCCCCCCCCCCOc1cc(C(C)(C)C)c(OP(=O)(Oc2cccc(CBr)c2)Oc2cc(C(C)(C)C)c(OCCCCCCCCCCCC)cc2C(C)(C)C)cc1C(C)(C)C. The molecule has 0 saturated carbocycles. The zero-order valence-electron chi connectivity index (χ0n) is 45.2. The van der Waals surface area contributed by atoms with Crippen molar-refractivity contribution in [3.63, 3.8) is 0 Å². The molecule has 0 amide bonds. The van der Waals surface area contributed by atoms with Gasteiger partial charge in [0.15, 0.2) is 0 Å². The highest BCUT2D eigenvalue weighted by atomic mass is 79.9. The topological polar surface area (TPSA) is 63.2 Å². The second-order valence-corrected chi connectivity index (χ2v) is 25.3. The van der Waals surface area contributed by atoms with E-state index in [1.54, 1.807) is 6.07 Å². The van der Waals surface area contributed by atoms with Crippen LogP contribution in [-0.2, 0) is 31.6 Å². The number of ether oxygens (including phenoxy) is 2. The molecule has 0 aliphatic carbocycles. The zero-order chi connectivity index (χ0) is 49.7. The largest absolute Gasteiger partial charge is 0.647 e. The van der Waals surface area contributed by atoms with E-state index in [1.807, 2.05) is 30.3 Å².